The summed E-state index contributed by atoms with van der Waals surface area (Å²) in [5.74, 6) is -0.785. The molecule has 1 amide bonds. The number of unbranched alkanes of at least 4 members (excludes halogenated alkanes) is 1. The van der Waals surface area contributed by atoms with Crippen LogP contribution in [-0.4, -0.2) is 41.7 Å². The van der Waals surface area contributed by atoms with E-state index in [2.05, 4.69) is 12.1 Å². The molecule has 0 fully saturated rings. The van der Waals surface area contributed by atoms with Crippen molar-refractivity contribution in [3.63, 3.8) is 0 Å². The van der Waals surface area contributed by atoms with E-state index in [0.717, 1.165) is 29.5 Å². The van der Waals surface area contributed by atoms with Crippen molar-refractivity contribution < 1.29 is 23.4 Å². The number of carbonyl (C=O) groups excluding carboxylic acids is 2. The van der Waals surface area contributed by atoms with Crippen LogP contribution >= 0.6 is 7.37 Å². The number of rotatable bonds is 12. The molecule has 200 valence electrons. The molecule has 0 saturated carbocycles. The summed E-state index contributed by atoms with van der Waals surface area (Å²) in [7, 11) is -3.21. The first-order valence-electron chi connectivity index (χ1n) is 13.3. The highest BCUT2D eigenvalue weighted by molar-refractivity contribution is 7.59. The van der Waals surface area contributed by atoms with Crippen LogP contribution in [0.3, 0.4) is 0 Å². The van der Waals surface area contributed by atoms with Crippen LogP contribution in [0.1, 0.15) is 42.0 Å². The van der Waals surface area contributed by atoms with E-state index in [1.165, 1.54) is 10.5 Å². The highest BCUT2D eigenvalue weighted by Crippen LogP contribution is 2.48. The summed E-state index contributed by atoms with van der Waals surface area (Å²) in [5.41, 5.74) is 4.12. The van der Waals surface area contributed by atoms with Crippen LogP contribution in [-0.2, 0) is 49.4 Å². The maximum atomic E-state index is 13.7. The average Bonchev–Trinajstić information content (AvgIpc) is 2.94. The first-order valence-corrected chi connectivity index (χ1v) is 15.3. The number of hydrogen-bond donors (Lipinski definition) is 0. The van der Waals surface area contributed by atoms with Gasteiger partial charge in [-0.15, -0.1) is 0 Å². The predicted molar refractivity (Wildman–Crippen MR) is 149 cm³/mol. The largest absolute Gasteiger partial charge is 0.459 e. The third kappa shape index (κ3) is 7.66. The van der Waals surface area contributed by atoms with Gasteiger partial charge >= 0.3 is 5.97 Å². The molecule has 3 aromatic rings. The van der Waals surface area contributed by atoms with Gasteiger partial charge in [0, 0.05) is 19.1 Å². The number of nitrogens with zero attached hydrogens (tertiary/aromatic N) is 1. The number of carbonyl (C=O) groups is 2. The molecule has 1 unspecified atom stereocenters. The van der Waals surface area contributed by atoms with Gasteiger partial charge in [0.15, 0.2) is 0 Å². The molecule has 7 heteroatoms. The Labute approximate surface area is 225 Å². The van der Waals surface area contributed by atoms with Gasteiger partial charge in [0.1, 0.15) is 18.8 Å². The predicted octanol–water partition coefficient (Wildman–Crippen LogP) is 6.02. The van der Waals surface area contributed by atoms with Gasteiger partial charge in [-0.3, -0.25) is 9.36 Å². The second kappa shape index (κ2) is 13.5. The minimum Gasteiger partial charge on any atom is -0.459 e. The summed E-state index contributed by atoms with van der Waals surface area (Å²) in [6.07, 6.45) is 2.94. The highest BCUT2D eigenvalue weighted by atomic mass is 31.2. The highest BCUT2D eigenvalue weighted by Gasteiger charge is 2.38. The van der Waals surface area contributed by atoms with Crippen molar-refractivity contribution >= 4 is 19.2 Å². The lowest BCUT2D eigenvalue weighted by Gasteiger charge is -2.36. The fourth-order valence-corrected chi connectivity index (χ4v) is 7.02. The standard InChI is InChI=1S/C31H36NO5P/c1-2-37-38(35,20-12-11-15-25-13-5-3-6-14-25)24-30(33)32-22-28-19-10-9-18-27(28)21-29(32)31(34)36-23-26-16-7-4-8-17-26/h3-10,13-14,16-19,29H,2,11-12,15,20-24H2,1H3/t29-,38?/m0/s1. The van der Waals surface area contributed by atoms with Gasteiger partial charge in [0.2, 0.25) is 13.3 Å². The zero-order chi connectivity index (χ0) is 26.8. The quantitative estimate of drug-likeness (QED) is 0.162. The Morgan fingerprint density at radius 2 is 1.50 bits per heavy atom. The Morgan fingerprint density at radius 3 is 2.18 bits per heavy atom. The Balaban J connectivity index is 1.43. The number of amides is 1. The molecule has 0 radical (unpaired) electrons. The minimum atomic E-state index is -3.21. The van der Waals surface area contributed by atoms with Gasteiger partial charge in [-0.25, -0.2) is 4.79 Å². The van der Waals surface area contributed by atoms with Crippen molar-refractivity contribution in [2.45, 2.75) is 51.8 Å². The van der Waals surface area contributed by atoms with E-state index in [0.29, 0.717) is 19.0 Å². The average molecular weight is 534 g/mol. The molecule has 2 atom stereocenters. The molecule has 0 bridgehead atoms. The fourth-order valence-electron chi connectivity index (χ4n) is 4.87. The van der Waals surface area contributed by atoms with Gasteiger partial charge in [-0.1, -0.05) is 84.9 Å². The fraction of sp³-hybridized carbons (Fsp3) is 0.355. The summed E-state index contributed by atoms with van der Waals surface area (Å²) in [5, 5.41) is 0. The summed E-state index contributed by atoms with van der Waals surface area (Å²) in [4.78, 5) is 28.4. The van der Waals surface area contributed by atoms with E-state index in [9.17, 15) is 14.2 Å². The SMILES string of the molecule is CCOP(=O)(CCCCc1ccccc1)CC(=O)N1Cc2ccccc2C[C@H]1C(=O)OCc1ccccc1. The molecule has 1 aliphatic heterocycles. The first-order chi connectivity index (χ1) is 18.5. The third-order valence-electron chi connectivity index (χ3n) is 6.86. The third-order valence-corrected chi connectivity index (χ3v) is 9.34. The molecule has 1 heterocycles. The first kappa shape index (κ1) is 27.8. The number of hydrogen-bond acceptors (Lipinski definition) is 5. The lowest BCUT2D eigenvalue weighted by atomic mass is 9.94. The second-order valence-corrected chi connectivity index (χ2v) is 12.3. The summed E-state index contributed by atoms with van der Waals surface area (Å²) in [6.45, 7) is 2.48. The number of ether oxygens (including phenoxy) is 1. The van der Waals surface area contributed by atoms with E-state index in [1.54, 1.807) is 6.92 Å². The summed E-state index contributed by atoms with van der Waals surface area (Å²) in [6, 6.07) is 26.7. The van der Waals surface area contributed by atoms with Crippen LogP contribution in [0.2, 0.25) is 0 Å². The van der Waals surface area contributed by atoms with E-state index >= 15 is 0 Å². The minimum absolute atomic E-state index is 0.138. The zero-order valence-electron chi connectivity index (χ0n) is 22.0. The monoisotopic (exact) mass is 533 g/mol. The van der Waals surface area contributed by atoms with Gasteiger partial charge < -0.3 is 14.2 Å². The number of aryl methyl sites for hydroxylation is 1. The van der Waals surface area contributed by atoms with Crippen molar-refractivity contribution in [3.8, 4) is 0 Å². The van der Waals surface area contributed by atoms with Gasteiger partial charge in [-0.2, -0.15) is 0 Å². The molecule has 3 aromatic carbocycles. The summed E-state index contributed by atoms with van der Waals surface area (Å²) >= 11 is 0. The Kier molecular flexibility index (Phi) is 9.91. The smallest absolute Gasteiger partial charge is 0.329 e. The second-order valence-electron chi connectivity index (χ2n) is 9.66. The van der Waals surface area contributed by atoms with Crippen LogP contribution in [0.15, 0.2) is 84.9 Å². The van der Waals surface area contributed by atoms with E-state index in [-0.39, 0.29) is 31.8 Å². The van der Waals surface area contributed by atoms with Gasteiger partial charge in [-0.05, 0) is 48.4 Å². The Hall–Kier alpha value is -3.21. The Morgan fingerprint density at radius 1 is 0.868 bits per heavy atom. The lowest BCUT2D eigenvalue weighted by molar-refractivity contribution is -0.156. The molecule has 0 spiro atoms. The maximum absolute atomic E-state index is 13.7. The molecule has 0 saturated heterocycles. The van der Waals surface area contributed by atoms with Crippen molar-refractivity contribution in [1.82, 2.24) is 4.90 Å². The van der Waals surface area contributed by atoms with Crippen molar-refractivity contribution in [2.24, 2.45) is 0 Å². The molecule has 0 aliphatic carbocycles. The molecule has 4 rings (SSSR count). The number of benzene rings is 3. The van der Waals surface area contributed by atoms with Crippen LogP contribution < -0.4 is 0 Å². The van der Waals surface area contributed by atoms with Gasteiger partial charge in [0.05, 0.1) is 6.61 Å². The van der Waals surface area contributed by atoms with Crippen molar-refractivity contribution in [1.29, 1.82) is 0 Å². The molecule has 0 N–H and O–H groups in total. The molecule has 0 aromatic heterocycles. The maximum Gasteiger partial charge on any atom is 0.329 e. The van der Waals surface area contributed by atoms with Crippen LogP contribution in [0.5, 0.6) is 0 Å². The zero-order valence-corrected chi connectivity index (χ0v) is 22.9. The molecular formula is C31H36NO5P. The number of esters is 1. The Bertz CT molecular complexity index is 1250. The van der Waals surface area contributed by atoms with E-state index < -0.39 is 19.4 Å². The van der Waals surface area contributed by atoms with E-state index in [1.807, 2.05) is 72.8 Å². The topological polar surface area (TPSA) is 72.9 Å². The van der Waals surface area contributed by atoms with Crippen molar-refractivity contribution in [2.75, 3.05) is 18.9 Å². The van der Waals surface area contributed by atoms with E-state index in [4.69, 9.17) is 9.26 Å². The molecule has 6 nitrogen and oxygen atoms in total. The number of fused-ring (bicyclic) bond motifs is 1. The summed E-state index contributed by atoms with van der Waals surface area (Å²) < 4.78 is 25.1. The van der Waals surface area contributed by atoms with Crippen molar-refractivity contribution in [3.05, 3.63) is 107 Å². The molecular weight excluding hydrogens is 497 g/mol. The molecule has 1 aliphatic rings. The van der Waals surface area contributed by atoms with Crippen LogP contribution in [0.25, 0.3) is 0 Å². The normalized spacial score (nSPS) is 16.3. The van der Waals surface area contributed by atoms with Gasteiger partial charge in [0.25, 0.3) is 0 Å². The lowest BCUT2D eigenvalue weighted by Crippen LogP contribution is -2.50. The van der Waals surface area contributed by atoms with Crippen LogP contribution in [0, 0.1) is 0 Å². The molecule has 38 heavy (non-hydrogen) atoms. The van der Waals surface area contributed by atoms with Crippen LogP contribution in [0.4, 0.5) is 0 Å².